The van der Waals surface area contributed by atoms with E-state index in [-0.39, 0.29) is 11.8 Å². The smallest absolute Gasteiger partial charge is 0.258 e. The Labute approximate surface area is 120 Å². The van der Waals surface area contributed by atoms with E-state index < -0.39 is 12.2 Å². The van der Waals surface area contributed by atoms with Crippen LogP contribution < -0.4 is 5.73 Å². The van der Waals surface area contributed by atoms with E-state index in [9.17, 15) is 9.59 Å². The zero-order chi connectivity index (χ0) is 14.1. The van der Waals surface area contributed by atoms with Crippen molar-refractivity contribution in [1.29, 1.82) is 0 Å². The molecule has 5 nitrogen and oxygen atoms in total. The Bertz CT molecular complexity index is 591. The zero-order valence-electron chi connectivity index (χ0n) is 10.8. The van der Waals surface area contributed by atoms with E-state index in [1.165, 1.54) is 16.2 Å². The third kappa shape index (κ3) is 2.36. The molecule has 2 aliphatic rings. The molecule has 3 heterocycles. The summed E-state index contributed by atoms with van der Waals surface area (Å²) in [5.41, 5.74) is 5.33. The first kappa shape index (κ1) is 13.3. The molecule has 0 radical (unpaired) electrons. The lowest BCUT2D eigenvalue weighted by atomic mass is 10.2. The highest BCUT2D eigenvalue weighted by Gasteiger charge is 2.46. The van der Waals surface area contributed by atoms with Crippen molar-refractivity contribution in [2.45, 2.75) is 31.6 Å². The van der Waals surface area contributed by atoms with Crippen LogP contribution in [0.15, 0.2) is 12.1 Å². The highest BCUT2D eigenvalue weighted by molar-refractivity contribution is 7.12. The summed E-state index contributed by atoms with van der Waals surface area (Å²) in [5.74, 6) is 5.30. The molecule has 20 heavy (non-hydrogen) atoms. The van der Waals surface area contributed by atoms with E-state index in [2.05, 4.69) is 11.8 Å². The lowest BCUT2D eigenvalue weighted by molar-refractivity contribution is -0.169. The predicted octanol–water partition coefficient (Wildman–Crippen LogP) is 0.475. The molecule has 2 atom stereocenters. The van der Waals surface area contributed by atoms with Crippen molar-refractivity contribution in [3.8, 4) is 11.8 Å². The molecule has 2 fully saturated rings. The number of imide groups is 1. The summed E-state index contributed by atoms with van der Waals surface area (Å²) in [6, 6.07) is 3.77. The Morgan fingerprint density at radius 1 is 1.30 bits per heavy atom. The maximum absolute atomic E-state index is 12.1. The van der Waals surface area contributed by atoms with Gasteiger partial charge >= 0.3 is 0 Å². The van der Waals surface area contributed by atoms with Gasteiger partial charge in [0.1, 0.15) is 12.2 Å². The molecule has 0 spiro atoms. The standard InChI is InChI=1S/C14H14N2O3S/c15-7-1-2-9-3-4-10(20-9)8-16-13(17)11-5-6-12(19-11)14(16)18/h3-4,11-12H,5-8,15H2. The topological polar surface area (TPSA) is 72.6 Å². The Morgan fingerprint density at radius 3 is 2.65 bits per heavy atom. The van der Waals surface area contributed by atoms with E-state index >= 15 is 0 Å². The quantitative estimate of drug-likeness (QED) is 0.635. The Morgan fingerprint density at radius 2 is 2.00 bits per heavy atom. The second-order valence-electron chi connectivity index (χ2n) is 4.73. The minimum atomic E-state index is -0.436. The minimum Gasteiger partial charge on any atom is -0.355 e. The van der Waals surface area contributed by atoms with Crippen molar-refractivity contribution in [2.24, 2.45) is 5.73 Å². The number of nitrogens with two attached hydrogens (primary N) is 1. The van der Waals surface area contributed by atoms with Crippen molar-refractivity contribution in [2.75, 3.05) is 6.54 Å². The summed E-state index contributed by atoms with van der Waals surface area (Å²) >= 11 is 1.48. The van der Waals surface area contributed by atoms with Crippen molar-refractivity contribution >= 4 is 23.2 Å². The molecule has 6 heteroatoms. The van der Waals surface area contributed by atoms with Gasteiger partial charge in [0.05, 0.1) is 18.0 Å². The Balaban J connectivity index is 1.75. The molecular weight excluding hydrogens is 276 g/mol. The maximum Gasteiger partial charge on any atom is 0.258 e. The van der Waals surface area contributed by atoms with Crippen LogP contribution in [-0.4, -0.2) is 35.5 Å². The number of thiophene rings is 1. The first-order chi connectivity index (χ1) is 9.69. The minimum absolute atomic E-state index is 0.216. The van der Waals surface area contributed by atoms with E-state index in [1.54, 1.807) is 0 Å². The number of hydrogen-bond donors (Lipinski definition) is 1. The maximum atomic E-state index is 12.1. The summed E-state index contributed by atoms with van der Waals surface area (Å²) in [4.78, 5) is 27.4. The summed E-state index contributed by atoms with van der Waals surface area (Å²) in [6.07, 6.45) is 0.413. The summed E-state index contributed by atoms with van der Waals surface area (Å²) < 4.78 is 5.37. The number of hydrogen-bond acceptors (Lipinski definition) is 5. The van der Waals surface area contributed by atoms with Crippen LogP contribution in [0.3, 0.4) is 0 Å². The number of nitrogens with zero attached hydrogens (tertiary/aromatic N) is 1. The fraction of sp³-hybridized carbons (Fsp3) is 0.429. The normalized spacial score (nSPS) is 24.8. The second kappa shape index (κ2) is 5.37. The fourth-order valence-corrected chi connectivity index (χ4v) is 3.31. The van der Waals surface area contributed by atoms with E-state index in [0.717, 1.165) is 9.75 Å². The first-order valence-corrected chi connectivity index (χ1v) is 7.29. The molecule has 2 saturated heterocycles. The molecule has 0 aromatic carbocycles. The Hall–Kier alpha value is -1.68. The van der Waals surface area contributed by atoms with Gasteiger partial charge in [-0.1, -0.05) is 11.8 Å². The van der Waals surface area contributed by atoms with Crippen LogP contribution in [0.25, 0.3) is 0 Å². The fourth-order valence-electron chi connectivity index (χ4n) is 2.44. The molecule has 2 aliphatic heterocycles. The van der Waals surface area contributed by atoms with Gasteiger partial charge < -0.3 is 10.5 Å². The molecule has 2 unspecified atom stereocenters. The number of carbonyl (C=O) groups excluding carboxylic acids is 2. The van der Waals surface area contributed by atoms with Crippen LogP contribution in [0.4, 0.5) is 0 Å². The van der Waals surface area contributed by atoms with Crippen molar-refractivity contribution in [1.82, 2.24) is 4.90 Å². The number of likely N-dealkylation sites (tertiary alicyclic amines) is 1. The summed E-state index contributed by atoms with van der Waals surface area (Å²) in [7, 11) is 0. The molecule has 3 rings (SSSR count). The third-order valence-corrected chi connectivity index (χ3v) is 4.38. The molecule has 104 valence electrons. The van der Waals surface area contributed by atoms with E-state index in [0.29, 0.717) is 25.9 Å². The van der Waals surface area contributed by atoms with Gasteiger partial charge in [-0.3, -0.25) is 14.5 Å². The van der Waals surface area contributed by atoms with Crippen LogP contribution >= 0.6 is 11.3 Å². The molecule has 2 bridgehead atoms. The zero-order valence-corrected chi connectivity index (χ0v) is 11.6. The lowest BCUT2D eigenvalue weighted by Crippen LogP contribution is -2.51. The number of morpholine rings is 1. The van der Waals surface area contributed by atoms with Gasteiger partial charge in [0.15, 0.2) is 0 Å². The van der Waals surface area contributed by atoms with Crippen LogP contribution in [-0.2, 0) is 20.9 Å². The van der Waals surface area contributed by atoms with Crippen LogP contribution in [0.2, 0.25) is 0 Å². The molecule has 1 aromatic heterocycles. The van der Waals surface area contributed by atoms with Gasteiger partial charge in [0.25, 0.3) is 11.8 Å². The van der Waals surface area contributed by atoms with Gasteiger partial charge in [-0.05, 0) is 25.0 Å². The van der Waals surface area contributed by atoms with Gasteiger partial charge in [-0.15, -0.1) is 11.3 Å². The summed E-state index contributed by atoms with van der Waals surface area (Å²) in [6.45, 7) is 0.625. The Kier molecular flexibility index (Phi) is 3.57. The van der Waals surface area contributed by atoms with Gasteiger partial charge in [0, 0.05) is 4.88 Å². The molecular formula is C14H14N2O3S. The number of amides is 2. The van der Waals surface area contributed by atoms with Crippen LogP contribution in [0.1, 0.15) is 22.6 Å². The van der Waals surface area contributed by atoms with E-state index in [1.807, 2.05) is 12.1 Å². The summed E-state index contributed by atoms with van der Waals surface area (Å²) in [5, 5.41) is 0. The molecule has 1 aromatic rings. The number of fused-ring (bicyclic) bond motifs is 2. The second-order valence-corrected chi connectivity index (χ2v) is 5.89. The predicted molar refractivity (Wildman–Crippen MR) is 73.7 cm³/mol. The van der Waals surface area contributed by atoms with E-state index in [4.69, 9.17) is 10.5 Å². The average molecular weight is 290 g/mol. The number of rotatable bonds is 2. The van der Waals surface area contributed by atoms with Crippen molar-refractivity contribution in [3.05, 3.63) is 21.9 Å². The number of carbonyl (C=O) groups is 2. The first-order valence-electron chi connectivity index (χ1n) is 6.47. The lowest BCUT2D eigenvalue weighted by Gasteiger charge is -2.29. The monoisotopic (exact) mass is 290 g/mol. The SMILES string of the molecule is NCC#Cc1ccc(CN2C(=O)C3CCC(O3)C2=O)s1. The number of ether oxygens (including phenoxy) is 1. The highest BCUT2D eigenvalue weighted by Crippen LogP contribution is 2.30. The van der Waals surface area contributed by atoms with Crippen molar-refractivity contribution in [3.63, 3.8) is 0 Å². The highest BCUT2D eigenvalue weighted by atomic mass is 32.1. The van der Waals surface area contributed by atoms with Crippen LogP contribution in [0, 0.1) is 11.8 Å². The third-order valence-electron chi connectivity index (χ3n) is 3.39. The average Bonchev–Trinajstić information content (AvgIpc) is 3.07. The molecule has 0 saturated carbocycles. The van der Waals surface area contributed by atoms with Gasteiger partial charge in [0.2, 0.25) is 0 Å². The molecule has 2 amide bonds. The van der Waals surface area contributed by atoms with Gasteiger partial charge in [-0.2, -0.15) is 0 Å². The largest absolute Gasteiger partial charge is 0.355 e. The molecule has 2 N–H and O–H groups in total. The van der Waals surface area contributed by atoms with Crippen LogP contribution in [0.5, 0.6) is 0 Å². The molecule has 0 aliphatic carbocycles. The van der Waals surface area contributed by atoms with Gasteiger partial charge in [-0.25, -0.2) is 0 Å². The van der Waals surface area contributed by atoms with Crippen molar-refractivity contribution < 1.29 is 14.3 Å².